The van der Waals surface area contributed by atoms with Crippen molar-refractivity contribution in [2.45, 2.75) is 103 Å². The van der Waals surface area contributed by atoms with Crippen LogP contribution in [0.1, 0.15) is 72.6 Å². The van der Waals surface area contributed by atoms with Crippen molar-refractivity contribution < 1.29 is 13.3 Å². The van der Waals surface area contributed by atoms with Crippen molar-refractivity contribution in [3.63, 3.8) is 0 Å². The first-order valence-electron chi connectivity index (χ1n) is 10.9. The fraction of sp³-hybridized carbons (Fsp3) is 1.00. The summed E-state index contributed by atoms with van der Waals surface area (Å²) in [5.74, 6) is 1.09. The molecule has 1 unspecified atom stereocenters. The minimum absolute atomic E-state index is 0.379. The lowest BCUT2D eigenvalue weighted by Gasteiger charge is -2.36. The van der Waals surface area contributed by atoms with Gasteiger partial charge in [0, 0.05) is 27.9 Å². The van der Waals surface area contributed by atoms with Gasteiger partial charge in [0.15, 0.2) is 0 Å². The van der Waals surface area contributed by atoms with E-state index in [0.717, 1.165) is 64.1 Å². The highest BCUT2D eigenvalue weighted by Gasteiger charge is 2.50. The van der Waals surface area contributed by atoms with E-state index in [1.807, 2.05) is 11.8 Å². The van der Waals surface area contributed by atoms with Gasteiger partial charge in [-0.05, 0) is 31.4 Å². The molecule has 0 saturated carbocycles. The maximum absolute atomic E-state index is 6.53. The molecule has 0 N–H and O–H groups in total. The first-order valence-corrected chi connectivity index (χ1v) is 17.4. The largest absolute Gasteiger partial charge is 0.514 e. The molecule has 0 aromatic rings. The van der Waals surface area contributed by atoms with Gasteiger partial charge >= 0.3 is 8.80 Å². The molecule has 0 aromatic heterocycles. The van der Waals surface area contributed by atoms with Gasteiger partial charge in [0.1, 0.15) is 0 Å². The minimum Gasteiger partial charge on any atom is -0.373 e. The van der Waals surface area contributed by atoms with Crippen molar-refractivity contribution >= 4 is 28.6 Å². The minimum atomic E-state index is -2.67. The topological polar surface area (TPSA) is 27.7 Å². The molecule has 0 amide bonds. The van der Waals surface area contributed by atoms with Gasteiger partial charge in [-0.2, -0.15) is 11.8 Å². The van der Waals surface area contributed by atoms with Gasteiger partial charge < -0.3 is 13.3 Å². The van der Waals surface area contributed by atoms with Crippen LogP contribution >= 0.6 is 11.8 Å². The van der Waals surface area contributed by atoms with E-state index in [2.05, 4.69) is 47.3 Å². The van der Waals surface area contributed by atoms with Crippen LogP contribution in [-0.4, -0.2) is 47.3 Å². The molecule has 0 aliphatic carbocycles. The van der Waals surface area contributed by atoms with Gasteiger partial charge in [-0.1, -0.05) is 72.6 Å². The Kier molecular flexibility index (Phi) is 16.0. The molecule has 0 aliphatic rings. The molecule has 0 saturated heterocycles. The van der Waals surface area contributed by atoms with E-state index in [0.29, 0.717) is 4.87 Å². The summed E-state index contributed by atoms with van der Waals surface area (Å²) in [5.41, 5.74) is 0. The smallest absolute Gasteiger partial charge is 0.373 e. The summed E-state index contributed by atoms with van der Waals surface area (Å²) in [4.78, 5) is 0.379. The van der Waals surface area contributed by atoms with Crippen molar-refractivity contribution in [3.05, 3.63) is 0 Å². The summed E-state index contributed by atoms with van der Waals surface area (Å²) in [5, 5.41) is 0. The number of unbranched alkanes of at least 4 members (excludes halogenated alkanes) is 3. The molecule has 0 heterocycles. The standard InChI is InChI=1S/C20H46O3SSi2/c1-8-12-16-21-26(22-17-13-9-2,23-18-14-10-3)20(24-11-4)15-19-25(5,6)7/h20H,8-19H2,1-7H3. The first-order chi connectivity index (χ1) is 12.3. The van der Waals surface area contributed by atoms with Crippen LogP contribution < -0.4 is 0 Å². The lowest BCUT2D eigenvalue weighted by Crippen LogP contribution is -2.56. The van der Waals surface area contributed by atoms with Crippen LogP contribution in [0.4, 0.5) is 0 Å². The van der Waals surface area contributed by atoms with Gasteiger partial charge in [-0.3, -0.25) is 0 Å². The lowest BCUT2D eigenvalue weighted by atomic mass is 10.4. The zero-order valence-corrected chi connectivity index (χ0v) is 21.5. The first kappa shape index (κ1) is 26.7. The molecule has 0 aromatic carbocycles. The van der Waals surface area contributed by atoms with E-state index in [1.54, 1.807) is 0 Å². The summed E-state index contributed by atoms with van der Waals surface area (Å²) in [6.07, 6.45) is 7.87. The van der Waals surface area contributed by atoms with Crippen LogP contribution in [0.5, 0.6) is 0 Å². The molecule has 158 valence electrons. The Hall–Kier alpha value is 0.664. The zero-order valence-electron chi connectivity index (χ0n) is 18.7. The van der Waals surface area contributed by atoms with Crippen LogP contribution in [0.25, 0.3) is 0 Å². The highest BCUT2D eigenvalue weighted by molar-refractivity contribution is 8.01. The van der Waals surface area contributed by atoms with E-state index < -0.39 is 16.9 Å². The van der Waals surface area contributed by atoms with Crippen molar-refractivity contribution in [1.82, 2.24) is 0 Å². The van der Waals surface area contributed by atoms with E-state index >= 15 is 0 Å². The van der Waals surface area contributed by atoms with E-state index in [9.17, 15) is 0 Å². The van der Waals surface area contributed by atoms with Gasteiger partial charge in [0.05, 0.1) is 4.87 Å². The van der Waals surface area contributed by atoms with E-state index in [4.69, 9.17) is 13.3 Å². The second-order valence-electron chi connectivity index (χ2n) is 8.25. The Bertz CT molecular complexity index is 298. The van der Waals surface area contributed by atoms with Gasteiger partial charge in [0.25, 0.3) is 0 Å². The zero-order chi connectivity index (χ0) is 19.9. The summed E-state index contributed by atoms with van der Waals surface area (Å²) >= 11 is 2.01. The third kappa shape index (κ3) is 12.2. The summed E-state index contributed by atoms with van der Waals surface area (Å²) in [6, 6.07) is 1.31. The fourth-order valence-electron chi connectivity index (χ4n) is 2.61. The van der Waals surface area contributed by atoms with Crippen molar-refractivity contribution in [1.29, 1.82) is 0 Å². The Labute approximate surface area is 170 Å². The monoisotopic (exact) mass is 422 g/mol. The maximum atomic E-state index is 6.53. The normalized spacial score (nSPS) is 14.0. The average molecular weight is 423 g/mol. The van der Waals surface area contributed by atoms with Gasteiger partial charge in [-0.15, -0.1) is 0 Å². The molecule has 3 nitrogen and oxygen atoms in total. The van der Waals surface area contributed by atoms with Crippen LogP contribution in [-0.2, 0) is 13.3 Å². The maximum Gasteiger partial charge on any atom is 0.514 e. The highest BCUT2D eigenvalue weighted by atomic mass is 32.2. The molecule has 1 atom stereocenters. The quantitative estimate of drug-likeness (QED) is 0.180. The van der Waals surface area contributed by atoms with Crippen LogP contribution in [0, 0.1) is 0 Å². The number of hydrogen-bond acceptors (Lipinski definition) is 4. The molecule has 0 spiro atoms. The van der Waals surface area contributed by atoms with Crippen LogP contribution in [0.3, 0.4) is 0 Å². The van der Waals surface area contributed by atoms with Crippen molar-refractivity contribution in [2.24, 2.45) is 0 Å². The molecular formula is C20H46O3SSi2. The molecule has 0 radical (unpaired) electrons. The fourth-order valence-corrected chi connectivity index (χ4v) is 9.47. The Morgan fingerprint density at radius 3 is 1.46 bits per heavy atom. The summed E-state index contributed by atoms with van der Waals surface area (Å²) in [7, 11) is -3.77. The SMILES string of the molecule is CCCCO[Si](OCCCC)(OCCCC)C(CC[Si](C)(C)C)SCC. The Balaban J connectivity index is 5.37. The number of rotatable bonds is 18. The molecular weight excluding hydrogens is 376 g/mol. The summed E-state index contributed by atoms with van der Waals surface area (Å²) < 4.78 is 19.6. The summed E-state index contributed by atoms with van der Waals surface area (Å²) in [6.45, 7) is 18.6. The second kappa shape index (κ2) is 15.6. The molecule has 0 aliphatic heterocycles. The molecule has 6 heteroatoms. The number of hydrogen-bond donors (Lipinski definition) is 0. The highest BCUT2D eigenvalue weighted by Crippen LogP contribution is 2.32. The van der Waals surface area contributed by atoms with E-state index in [1.165, 1.54) is 12.5 Å². The molecule has 0 bridgehead atoms. The van der Waals surface area contributed by atoms with Crippen LogP contribution in [0.2, 0.25) is 25.7 Å². The van der Waals surface area contributed by atoms with Crippen molar-refractivity contribution in [3.8, 4) is 0 Å². The van der Waals surface area contributed by atoms with Crippen molar-refractivity contribution in [2.75, 3.05) is 25.6 Å². The van der Waals surface area contributed by atoms with Gasteiger partial charge in [0.2, 0.25) is 0 Å². The lowest BCUT2D eigenvalue weighted by molar-refractivity contribution is 0.0543. The predicted octanol–water partition coefficient (Wildman–Crippen LogP) is 6.76. The molecule has 26 heavy (non-hydrogen) atoms. The third-order valence-electron chi connectivity index (χ3n) is 4.32. The number of thioether (sulfide) groups is 1. The third-order valence-corrected chi connectivity index (χ3v) is 11.3. The Morgan fingerprint density at radius 1 is 0.731 bits per heavy atom. The second-order valence-corrected chi connectivity index (χ2v) is 18.5. The molecule has 0 rings (SSSR count). The van der Waals surface area contributed by atoms with Gasteiger partial charge in [-0.25, -0.2) is 0 Å². The van der Waals surface area contributed by atoms with Crippen LogP contribution in [0.15, 0.2) is 0 Å². The molecule has 0 fully saturated rings. The van der Waals surface area contributed by atoms with E-state index in [-0.39, 0.29) is 0 Å². The average Bonchev–Trinajstić information content (AvgIpc) is 2.58. The predicted molar refractivity (Wildman–Crippen MR) is 123 cm³/mol. The Morgan fingerprint density at radius 2 is 1.15 bits per heavy atom.